The lowest BCUT2D eigenvalue weighted by Crippen LogP contribution is -2.50. The molecule has 1 saturated carbocycles. The number of fused-ring (bicyclic) bond motifs is 1. The number of halogens is 2. The van der Waals surface area contributed by atoms with Crippen LogP contribution in [0, 0.1) is 0 Å². The Kier molecular flexibility index (Phi) is 5.38. The zero-order valence-corrected chi connectivity index (χ0v) is 18.3. The molecule has 2 saturated heterocycles. The fourth-order valence-corrected chi connectivity index (χ4v) is 6.51. The Morgan fingerprint density at radius 3 is 2.61 bits per heavy atom. The first kappa shape index (κ1) is 21.0. The molecule has 2 aromatic heterocycles. The van der Waals surface area contributed by atoms with E-state index in [4.69, 9.17) is 0 Å². The summed E-state index contributed by atoms with van der Waals surface area (Å²) in [5.74, 6) is 0.280. The SMILES string of the molecule is CN1CC[C@@H](n2ccc3cnc(N[C@@H]4CCN(S(=O)(=O)C5CC5)C[C@H]4F)nc32)[C@@H](F)C1. The minimum atomic E-state index is -3.37. The minimum absolute atomic E-state index is 0.145. The molecule has 1 N–H and O–H groups in total. The Morgan fingerprint density at radius 2 is 1.90 bits per heavy atom. The molecule has 2 aromatic rings. The largest absolute Gasteiger partial charge is 0.348 e. The number of likely N-dealkylation sites (tertiary alicyclic amines) is 1. The first-order valence-corrected chi connectivity index (χ1v) is 12.4. The second kappa shape index (κ2) is 7.93. The lowest BCUT2D eigenvalue weighted by molar-refractivity contribution is 0.109. The number of rotatable bonds is 5. The van der Waals surface area contributed by atoms with E-state index in [-0.39, 0.29) is 30.3 Å². The van der Waals surface area contributed by atoms with Crippen LogP contribution in [-0.2, 0) is 10.0 Å². The van der Waals surface area contributed by atoms with Crippen molar-refractivity contribution in [1.82, 2.24) is 23.7 Å². The van der Waals surface area contributed by atoms with E-state index in [0.29, 0.717) is 37.9 Å². The molecule has 0 amide bonds. The van der Waals surface area contributed by atoms with Gasteiger partial charge in [-0.3, -0.25) is 0 Å². The van der Waals surface area contributed by atoms with Crippen LogP contribution in [0.5, 0.6) is 0 Å². The quantitative estimate of drug-likeness (QED) is 0.744. The van der Waals surface area contributed by atoms with E-state index in [1.165, 1.54) is 4.31 Å². The lowest BCUT2D eigenvalue weighted by atomic mass is 10.0. The Hall–Kier alpha value is -1.85. The van der Waals surface area contributed by atoms with E-state index in [2.05, 4.69) is 15.3 Å². The molecule has 3 aliphatic rings. The zero-order valence-electron chi connectivity index (χ0n) is 17.5. The average molecular weight is 455 g/mol. The Labute approximate surface area is 180 Å². The molecule has 4 heterocycles. The third-order valence-corrected chi connectivity index (χ3v) is 9.01. The van der Waals surface area contributed by atoms with Gasteiger partial charge >= 0.3 is 0 Å². The molecule has 0 unspecified atom stereocenters. The van der Waals surface area contributed by atoms with Crippen molar-refractivity contribution < 1.29 is 17.2 Å². The first-order chi connectivity index (χ1) is 14.8. The van der Waals surface area contributed by atoms with Gasteiger partial charge in [0.1, 0.15) is 18.0 Å². The van der Waals surface area contributed by atoms with Gasteiger partial charge in [0.15, 0.2) is 0 Å². The molecule has 5 rings (SSSR count). The molecule has 1 aliphatic carbocycles. The van der Waals surface area contributed by atoms with E-state index < -0.39 is 28.4 Å². The van der Waals surface area contributed by atoms with Gasteiger partial charge in [-0.2, -0.15) is 9.29 Å². The normalized spacial score (nSPS) is 31.2. The molecule has 0 spiro atoms. The maximum absolute atomic E-state index is 14.8. The number of piperidine rings is 2. The van der Waals surface area contributed by atoms with Gasteiger partial charge in [0.25, 0.3) is 0 Å². The molecule has 3 fully saturated rings. The predicted octanol–water partition coefficient (Wildman–Crippen LogP) is 1.96. The van der Waals surface area contributed by atoms with Crippen molar-refractivity contribution in [2.45, 2.75) is 55.4 Å². The van der Waals surface area contributed by atoms with Crippen molar-refractivity contribution in [3.8, 4) is 0 Å². The minimum Gasteiger partial charge on any atom is -0.348 e. The molecular formula is C20H28F2N6O2S. The van der Waals surface area contributed by atoms with E-state index >= 15 is 0 Å². The van der Waals surface area contributed by atoms with Crippen LogP contribution >= 0.6 is 0 Å². The Balaban J connectivity index is 1.31. The number of nitrogens with one attached hydrogen (secondary N) is 1. The van der Waals surface area contributed by atoms with Crippen LogP contribution in [0.25, 0.3) is 11.0 Å². The zero-order chi connectivity index (χ0) is 21.8. The highest BCUT2D eigenvalue weighted by Gasteiger charge is 2.43. The molecule has 4 atom stereocenters. The molecule has 0 aromatic carbocycles. The van der Waals surface area contributed by atoms with Gasteiger partial charge in [-0.15, -0.1) is 0 Å². The first-order valence-electron chi connectivity index (χ1n) is 10.9. The summed E-state index contributed by atoms with van der Waals surface area (Å²) in [7, 11) is -1.46. The van der Waals surface area contributed by atoms with Crippen LogP contribution in [-0.4, -0.2) is 89.0 Å². The summed E-state index contributed by atoms with van der Waals surface area (Å²) >= 11 is 0. The summed E-state index contributed by atoms with van der Waals surface area (Å²) in [6.07, 6.45) is 3.52. The standard InChI is InChI=1S/C20H28F2N6O2S/c1-26-7-6-18(16(22)11-26)28-9-4-13-10-23-20(25-19(13)28)24-17-5-8-27(12-15(17)21)31(29,30)14-2-3-14/h4,9-10,14-18H,2-3,5-8,11-12H2,1H3,(H,23,24,25)/t15-,16+,17-,18-/m1/s1. The van der Waals surface area contributed by atoms with Crippen molar-refractivity contribution in [2.24, 2.45) is 0 Å². The van der Waals surface area contributed by atoms with E-state index in [9.17, 15) is 17.2 Å². The van der Waals surface area contributed by atoms with Crippen LogP contribution in [0.1, 0.15) is 31.7 Å². The summed E-state index contributed by atoms with van der Waals surface area (Å²) in [4.78, 5) is 10.8. The van der Waals surface area contributed by atoms with E-state index in [1.54, 1.807) is 6.20 Å². The molecule has 2 aliphatic heterocycles. The van der Waals surface area contributed by atoms with Crippen LogP contribution in [0.4, 0.5) is 14.7 Å². The summed E-state index contributed by atoms with van der Waals surface area (Å²) in [5.41, 5.74) is 0.624. The maximum Gasteiger partial charge on any atom is 0.224 e. The highest BCUT2D eigenvalue weighted by atomic mass is 32.2. The van der Waals surface area contributed by atoms with Gasteiger partial charge in [0, 0.05) is 44.0 Å². The second-order valence-corrected chi connectivity index (χ2v) is 11.2. The monoisotopic (exact) mass is 454 g/mol. The number of aromatic nitrogens is 3. The number of alkyl halides is 2. The molecule has 0 bridgehead atoms. The number of sulfonamides is 1. The number of hydrogen-bond acceptors (Lipinski definition) is 6. The van der Waals surface area contributed by atoms with Crippen LogP contribution < -0.4 is 5.32 Å². The Morgan fingerprint density at radius 1 is 1.10 bits per heavy atom. The third kappa shape index (κ3) is 4.03. The molecular weight excluding hydrogens is 426 g/mol. The highest BCUT2D eigenvalue weighted by molar-refractivity contribution is 7.90. The van der Waals surface area contributed by atoms with Crippen LogP contribution in [0.15, 0.2) is 18.5 Å². The van der Waals surface area contributed by atoms with Crippen molar-refractivity contribution >= 4 is 27.0 Å². The lowest BCUT2D eigenvalue weighted by Gasteiger charge is -2.34. The average Bonchev–Trinajstić information content (AvgIpc) is 3.51. The molecule has 31 heavy (non-hydrogen) atoms. The summed E-state index contributed by atoms with van der Waals surface area (Å²) in [6.45, 7) is 1.34. The predicted molar refractivity (Wildman–Crippen MR) is 114 cm³/mol. The smallest absolute Gasteiger partial charge is 0.224 e. The van der Waals surface area contributed by atoms with Crippen molar-refractivity contribution in [2.75, 3.05) is 38.5 Å². The van der Waals surface area contributed by atoms with E-state index in [1.807, 2.05) is 28.8 Å². The van der Waals surface area contributed by atoms with Gasteiger partial charge in [-0.05, 0) is 38.8 Å². The van der Waals surface area contributed by atoms with E-state index in [0.717, 1.165) is 11.9 Å². The Bertz CT molecular complexity index is 1060. The number of anilines is 1. The third-order valence-electron chi connectivity index (χ3n) is 6.65. The van der Waals surface area contributed by atoms with Crippen molar-refractivity contribution in [3.05, 3.63) is 18.5 Å². The second-order valence-electron chi connectivity index (χ2n) is 8.99. The van der Waals surface area contributed by atoms with Crippen molar-refractivity contribution in [3.63, 3.8) is 0 Å². The molecule has 8 nitrogen and oxygen atoms in total. The fourth-order valence-electron chi connectivity index (χ4n) is 4.65. The summed E-state index contributed by atoms with van der Waals surface area (Å²) in [6, 6.07) is 1.01. The summed E-state index contributed by atoms with van der Waals surface area (Å²) < 4.78 is 57.4. The molecule has 170 valence electrons. The highest BCUT2D eigenvalue weighted by Crippen LogP contribution is 2.33. The van der Waals surface area contributed by atoms with Gasteiger partial charge in [-0.25, -0.2) is 22.2 Å². The summed E-state index contributed by atoms with van der Waals surface area (Å²) in [5, 5.41) is 3.52. The topological polar surface area (TPSA) is 83.4 Å². The van der Waals surface area contributed by atoms with Gasteiger partial charge in [-0.1, -0.05) is 0 Å². The van der Waals surface area contributed by atoms with Gasteiger partial charge in [0.05, 0.1) is 17.3 Å². The molecule has 0 radical (unpaired) electrons. The molecule has 11 heteroatoms. The number of nitrogens with zero attached hydrogens (tertiary/aromatic N) is 5. The van der Waals surface area contributed by atoms with Gasteiger partial charge < -0.3 is 14.8 Å². The fraction of sp³-hybridized carbons (Fsp3) is 0.700. The van der Waals surface area contributed by atoms with Crippen LogP contribution in [0.2, 0.25) is 0 Å². The maximum atomic E-state index is 14.8. The van der Waals surface area contributed by atoms with Gasteiger partial charge in [0.2, 0.25) is 16.0 Å². The van der Waals surface area contributed by atoms with Crippen molar-refractivity contribution in [1.29, 1.82) is 0 Å². The van der Waals surface area contributed by atoms with Crippen LogP contribution in [0.3, 0.4) is 0 Å². The number of hydrogen-bond donors (Lipinski definition) is 1.